The maximum atomic E-state index is 12.3. The number of carbonyl (C=O) groups excluding carboxylic acids is 1. The van der Waals surface area contributed by atoms with Gasteiger partial charge in [-0.15, -0.1) is 10.2 Å². The third-order valence-corrected chi connectivity index (χ3v) is 7.89. The minimum Gasteiger partial charge on any atom is -0.341 e. The summed E-state index contributed by atoms with van der Waals surface area (Å²) in [6.07, 6.45) is 0.513. The molecule has 1 amide bonds. The van der Waals surface area contributed by atoms with Gasteiger partial charge < -0.3 is 10.2 Å². The molecule has 1 N–H and O–H groups in total. The average Bonchev–Trinajstić information content (AvgIpc) is 3.20. The molecule has 0 bridgehead atoms. The van der Waals surface area contributed by atoms with Crippen molar-refractivity contribution in [2.24, 2.45) is 0 Å². The van der Waals surface area contributed by atoms with Gasteiger partial charge in [0.15, 0.2) is 14.2 Å². The number of nitrogens with zero attached hydrogens (tertiary/aromatic N) is 3. The predicted molar refractivity (Wildman–Crippen MR) is 105 cm³/mol. The Morgan fingerprint density at radius 2 is 2.08 bits per heavy atom. The molecular formula is C16H20N4O3S3. The van der Waals surface area contributed by atoms with Crippen LogP contribution in [0.5, 0.6) is 0 Å². The van der Waals surface area contributed by atoms with Crippen molar-refractivity contribution in [1.29, 1.82) is 0 Å². The number of sulfone groups is 1. The van der Waals surface area contributed by atoms with E-state index in [1.807, 2.05) is 31.2 Å². The van der Waals surface area contributed by atoms with Crippen LogP contribution in [0.1, 0.15) is 12.0 Å². The van der Waals surface area contributed by atoms with Crippen molar-refractivity contribution >= 4 is 49.7 Å². The van der Waals surface area contributed by atoms with E-state index in [2.05, 4.69) is 15.5 Å². The van der Waals surface area contributed by atoms with Crippen molar-refractivity contribution in [1.82, 2.24) is 15.1 Å². The van der Waals surface area contributed by atoms with Crippen LogP contribution in [0.2, 0.25) is 0 Å². The molecule has 140 valence electrons. The zero-order valence-corrected chi connectivity index (χ0v) is 17.0. The fourth-order valence-electron chi connectivity index (χ4n) is 2.59. The van der Waals surface area contributed by atoms with Crippen LogP contribution in [-0.4, -0.2) is 59.8 Å². The van der Waals surface area contributed by atoms with Gasteiger partial charge in [-0.2, -0.15) is 0 Å². The monoisotopic (exact) mass is 412 g/mol. The number of hydrogen-bond acceptors (Lipinski definition) is 8. The Labute approximate surface area is 161 Å². The molecule has 0 saturated carbocycles. The molecule has 7 nitrogen and oxygen atoms in total. The zero-order valence-electron chi connectivity index (χ0n) is 14.5. The standard InChI is InChI=1S/C16H20N4O3S3/c1-11-3-5-12(6-4-11)17-15-18-19-16(25-15)24-9-14(21)20(2)13-7-8-26(22,23)10-13/h3-6,13H,7-10H2,1-2H3,(H,17,18)/t13-/m1/s1. The van der Waals surface area contributed by atoms with E-state index in [0.29, 0.717) is 15.9 Å². The molecule has 1 fully saturated rings. The lowest BCUT2D eigenvalue weighted by Gasteiger charge is -2.22. The van der Waals surface area contributed by atoms with Crippen LogP contribution in [0.15, 0.2) is 28.6 Å². The van der Waals surface area contributed by atoms with E-state index >= 15 is 0 Å². The van der Waals surface area contributed by atoms with Gasteiger partial charge in [0.05, 0.1) is 17.3 Å². The minimum atomic E-state index is -3.00. The molecule has 0 unspecified atom stereocenters. The number of thioether (sulfide) groups is 1. The number of benzene rings is 1. The molecule has 1 aromatic carbocycles. The lowest BCUT2D eigenvalue weighted by Crippen LogP contribution is -2.38. The Bertz CT molecular complexity index is 880. The van der Waals surface area contributed by atoms with Crippen LogP contribution in [0.4, 0.5) is 10.8 Å². The van der Waals surface area contributed by atoms with Crippen LogP contribution >= 0.6 is 23.1 Å². The van der Waals surface area contributed by atoms with Crippen molar-refractivity contribution in [3.8, 4) is 0 Å². The fraction of sp³-hybridized carbons (Fsp3) is 0.438. The van der Waals surface area contributed by atoms with Gasteiger partial charge >= 0.3 is 0 Å². The summed E-state index contributed by atoms with van der Waals surface area (Å²) in [5.74, 6) is 0.336. The molecule has 0 radical (unpaired) electrons. The molecule has 0 aliphatic carbocycles. The Morgan fingerprint density at radius 1 is 1.35 bits per heavy atom. The summed E-state index contributed by atoms with van der Waals surface area (Å²) in [5, 5.41) is 12.0. The number of aryl methyl sites for hydroxylation is 1. The molecule has 1 aliphatic rings. The first-order chi connectivity index (χ1) is 12.3. The van der Waals surface area contributed by atoms with E-state index in [1.165, 1.54) is 28.7 Å². The first-order valence-corrected chi connectivity index (χ1v) is 11.7. The highest BCUT2D eigenvalue weighted by Crippen LogP contribution is 2.28. The number of nitrogens with one attached hydrogen (secondary N) is 1. The molecule has 1 saturated heterocycles. The number of amides is 1. The molecule has 1 atom stereocenters. The van der Waals surface area contributed by atoms with Crippen LogP contribution < -0.4 is 5.32 Å². The Hall–Kier alpha value is -1.65. The molecular weight excluding hydrogens is 392 g/mol. The smallest absolute Gasteiger partial charge is 0.233 e. The van der Waals surface area contributed by atoms with Crippen molar-refractivity contribution in [2.45, 2.75) is 23.7 Å². The fourth-order valence-corrected chi connectivity index (χ4v) is 6.06. The quantitative estimate of drug-likeness (QED) is 0.728. The third kappa shape index (κ3) is 4.95. The Balaban J connectivity index is 1.51. The zero-order chi connectivity index (χ0) is 18.7. The third-order valence-electron chi connectivity index (χ3n) is 4.18. The van der Waals surface area contributed by atoms with Gasteiger partial charge in [0.25, 0.3) is 0 Å². The van der Waals surface area contributed by atoms with Crippen LogP contribution in [0.3, 0.4) is 0 Å². The van der Waals surface area contributed by atoms with Crippen LogP contribution in [0.25, 0.3) is 0 Å². The van der Waals surface area contributed by atoms with Gasteiger partial charge in [-0.3, -0.25) is 4.79 Å². The van der Waals surface area contributed by atoms with E-state index in [1.54, 1.807) is 11.9 Å². The van der Waals surface area contributed by atoms with Crippen LogP contribution in [0, 0.1) is 6.92 Å². The normalized spacial score (nSPS) is 18.6. The number of anilines is 2. The SMILES string of the molecule is Cc1ccc(Nc2nnc(SCC(=O)N(C)[C@@H]3CCS(=O)(=O)C3)s2)cc1. The molecule has 1 aromatic heterocycles. The summed E-state index contributed by atoms with van der Waals surface area (Å²) in [6.45, 7) is 2.03. The number of carbonyl (C=O) groups is 1. The van der Waals surface area contributed by atoms with Crippen LogP contribution in [-0.2, 0) is 14.6 Å². The molecule has 1 aliphatic heterocycles. The van der Waals surface area contributed by atoms with Gasteiger partial charge in [0.1, 0.15) is 0 Å². The Morgan fingerprint density at radius 3 is 2.73 bits per heavy atom. The molecule has 0 spiro atoms. The predicted octanol–water partition coefficient (Wildman–Crippen LogP) is 2.33. The number of aromatic nitrogens is 2. The second kappa shape index (κ2) is 7.93. The van der Waals surface area contributed by atoms with Crippen molar-refractivity contribution in [3.05, 3.63) is 29.8 Å². The van der Waals surface area contributed by atoms with Gasteiger partial charge in [-0.25, -0.2) is 8.42 Å². The maximum Gasteiger partial charge on any atom is 0.233 e. The summed E-state index contributed by atoms with van der Waals surface area (Å²) in [6, 6.07) is 7.74. The molecule has 3 rings (SSSR count). The highest BCUT2D eigenvalue weighted by molar-refractivity contribution is 8.01. The lowest BCUT2D eigenvalue weighted by atomic mass is 10.2. The second-order valence-corrected chi connectivity index (χ2v) is 10.6. The van der Waals surface area contributed by atoms with Crippen molar-refractivity contribution in [3.63, 3.8) is 0 Å². The molecule has 2 aromatic rings. The topological polar surface area (TPSA) is 92.3 Å². The van der Waals surface area contributed by atoms with Gasteiger partial charge in [-0.05, 0) is 25.5 Å². The summed E-state index contributed by atoms with van der Waals surface area (Å²) in [5.41, 5.74) is 2.11. The maximum absolute atomic E-state index is 12.3. The van der Waals surface area contributed by atoms with E-state index in [4.69, 9.17) is 0 Å². The summed E-state index contributed by atoms with van der Waals surface area (Å²) in [7, 11) is -1.33. The molecule has 26 heavy (non-hydrogen) atoms. The first kappa shape index (κ1) is 19.1. The molecule has 10 heteroatoms. The van der Waals surface area contributed by atoms with E-state index in [9.17, 15) is 13.2 Å². The average molecular weight is 413 g/mol. The largest absolute Gasteiger partial charge is 0.341 e. The van der Waals surface area contributed by atoms with Gasteiger partial charge in [0.2, 0.25) is 11.0 Å². The minimum absolute atomic E-state index is 0.0589. The van der Waals surface area contributed by atoms with E-state index < -0.39 is 9.84 Å². The van der Waals surface area contributed by atoms with Crippen molar-refractivity contribution in [2.75, 3.05) is 29.6 Å². The van der Waals surface area contributed by atoms with Gasteiger partial charge in [0, 0.05) is 18.8 Å². The number of hydrogen-bond donors (Lipinski definition) is 1. The van der Waals surface area contributed by atoms with Crippen molar-refractivity contribution < 1.29 is 13.2 Å². The summed E-state index contributed by atoms with van der Waals surface area (Å²) in [4.78, 5) is 13.8. The van der Waals surface area contributed by atoms with E-state index in [0.717, 1.165) is 5.69 Å². The number of rotatable bonds is 6. The molecule has 2 heterocycles. The highest BCUT2D eigenvalue weighted by Gasteiger charge is 2.32. The summed E-state index contributed by atoms with van der Waals surface area (Å²) < 4.78 is 23.8. The van der Waals surface area contributed by atoms with Gasteiger partial charge in [-0.1, -0.05) is 40.8 Å². The second-order valence-electron chi connectivity index (χ2n) is 6.21. The highest BCUT2D eigenvalue weighted by atomic mass is 32.2. The lowest BCUT2D eigenvalue weighted by molar-refractivity contribution is -0.128. The first-order valence-electron chi connectivity index (χ1n) is 8.08. The summed E-state index contributed by atoms with van der Waals surface area (Å²) >= 11 is 2.69. The Kier molecular flexibility index (Phi) is 5.83. The van der Waals surface area contributed by atoms with E-state index in [-0.39, 0.29) is 29.2 Å².